The minimum Gasteiger partial charge on any atom is -0.383 e. The van der Waals surface area contributed by atoms with Crippen LogP contribution in [-0.2, 0) is 12.0 Å². The first kappa shape index (κ1) is 17.7. The van der Waals surface area contributed by atoms with Gasteiger partial charge >= 0.3 is 6.03 Å². The molecule has 1 heterocycles. The fourth-order valence-electron chi connectivity index (χ4n) is 2.05. The Labute approximate surface area is 138 Å². The van der Waals surface area contributed by atoms with Gasteiger partial charge in [-0.2, -0.15) is 0 Å². The number of aryl methyl sites for hydroxylation is 1. The van der Waals surface area contributed by atoms with Crippen LogP contribution in [-0.4, -0.2) is 27.7 Å². The van der Waals surface area contributed by atoms with Gasteiger partial charge in [-0.25, -0.2) is 23.5 Å². The number of carbonyl (C=O) groups is 1. The van der Waals surface area contributed by atoms with E-state index < -0.39 is 23.3 Å². The Balaban J connectivity index is 1.96. The average Bonchev–Trinajstić information content (AvgIpc) is 2.53. The van der Waals surface area contributed by atoms with Gasteiger partial charge in [0, 0.05) is 18.1 Å². The van der Waals surface area contributed by atoms with Gasteiger partial charge in [-0.05, 0) is 13.0 Å². The molecule has 1 atom stereocenters. The summed E-state index contributed by atoms with van der Waals surface area (Å²) in [5, 5.41) is 15.2. The number of hydrogen-bond donors (Lipinski definition) is 3. The molecule has 2 rings (SSSR count). The number of aromatic nitrogens is 2. The predicted octanol–water partition coefficient (Wildman–Crippen LogP) is 2.35. The van der Waals surface area contributed by atoms with E-state index in [1.165, 1.54) is 19.3 Å². The molecule has 0 radical (unpaired) electrons. The Bertz CT molecular complexity index is 721. The van der Waals surface area contributed by atoms with Crippen molar-refractivity contribution >= 4 is 11.7 Å². The Morgan fingerprint density at radius 3 is 2.54 bits per heavy atom. The SMILES string of the molecule is CCc1ncc(NC(=O)NCC(C)(O)c2ccc(F)cc2F)cn1. The van der Waals surface area contributed by atoms with E-state index in [0.29, 0.717) is 24.0 Å². The van der Waals surface area contributed by atoms with Crippen molar-refractivity contribution in [2.24, 2.45) is 0 Å². The number of urea groups is 1. The van der Waals surface area contributed by atoms with Crippen LogP contribution < -0.4 is 10.6 Å². The van der Waals surface area contributed by atoms with Crippen molar-refractivity contribution in [3.8, 4) is 0 Å². The minimum absolute atomic E-state index is 0.111. The van der Waals surface area contributed by atoms with Gasteiger partial charge in [-0.1, -0.05) is 13.0 Å². The highest BCUT2D eigenvalue weighted by Crippen LogP contribution is 2.23. The molecule has 8 heteroatoms. The highest BCUT2D eigenvalue weighted by molar-refractivity contribution is 5.88. The largest absolute Gasteiger partial charge is 0.383 e. The molecule has 2 aromatic rings. The second-order valence-electron chi connectivity index (χ2n) is 5.45. The molecule has 128 valence electrons. The van der Waals surface area contributed by atoms with Crippen LogP contribution in [0.5, 0.6) is 0 Å². The number of nitrogens with one attached hydrogen (secondary N) is 2. The third-order valence-electron chi connectivity index (χ3n) is 3.38. The molecule has 0 spiro atoms. The van der Waals surface area contributed by atoms with E-state index in [0.717, 1.165) is 12.1 Å². The summed E-state index contributed by atoms with van der Waals surface area (Å²) in [4.78, 5) is 19.9. The van der Waals surface area contributed by atoms with Crippen molar-refractivity contribution in [2.45, 2.75) is 25.9 Å². The lowest BCUT2D eigenvalue weighted by Gasteiger charge is -2.24. The van der Waals surface area contributed by atoms with Gasteiger partial charge in [0.05, 0.1) is 24.6 Å². The van der Waals surface area contributed by atoms with Crippen molar-refractivity contribution < 1.29 is 18.7 Å². The van der Waals surface area contributed by atoms with Crippen LogP contribution >= 0.6 is 0 Å². The van der Waals surface area contributed by atoms with Crippen molar-refractivity contribution in [3.05, 3.63) is 53.6 Å². The van der Waals surface area contributed by atoms with Gasteiger partial charge in [0.2, 0.25) is 0 Å². The van der Waals surface area contributed by atoms with Crippen molar-refractivity contribution in [3.63, 3.8) is 0 Å². The molecule has 0 aliphatic carbocycles. The van der Waals surface area contributed by atoms with E-state index in [1.807, 2.05) is 6.92 Å². The lowest BCUT2D eigenvalue weighted by molar-refractivity contribution is 0.0561. The zero-order chi connectivity index (χ0) is 17.7. The Kier molecular flexibility index (Phi) is 5.40. The number of nitrogens with zero attached hydrogens (tertiary/aromatic N) is 2. The number of benzene rings is 1. The van der Waals surface area contributed by atoms with E-state index in [4.69, 9.17) is 0 Å². The molecule has 1 aromatic heterocycles. The number of halogens is 2. The summed E-state index contributed by atoms with van der Waals surface area (Å²) in [6.45, 7) is 2.96. The normalized spacial score (nSPS) is 13.2. The van der Waals surface area contributed by atoms with Crippen molar-refractivity contribution in [1.82, 2.24) is 15.3 Å². The molecule has 2 amide bonds. The first-order valence-corrected chi connectivity index (χ1v) is 7.35. The second kappa shape index (κ2) is 7.31. The van der Waals surface area contributed by atoms with E-state index in [2.05, 4.69) is 20.6 Å². The number of amides is 2. The van der Waals surface area contributed by atoms with Gasteiger partial charge in [-0.15, -0.1) is 0 Å². The van der Waals surface area contributed by atoms with E-state index in [9.17, 15) is 18.7 Å². The topological polar surface area (TPSA) is 87.1 Å². The van der Waals surface area contributed by atoms with Crippen LogP contribution in [0.4, 0.5) is 19.3 Å². The quantitative estimate of drug-likeness (QED) is 0.782. The molecular formula is C16H18F2N4O2. The molecule has 0 saturated carbocycles. The molecule has 0 saturated heterocycles. The number of hydrogen-bond acceptors (Lipinski definition) is 4. The highest BCUT2D eigenvalue weighted by Gasteiger charge is 2.27. The molecule has 0 aliphatic rings. The Hall–Kier alpha value is -2.61. The summed E-state index contributed by atoms with van der Waals surface area (Å²) in [5.41, 5.74) is -1.42. The van der Waals surface area contributed by atoms with E-state index in [-0.39, 0.29) is 12.1 Å². The molecule has 0 bridgehead atoms. The molecule has 0 aliphatic heterocycles. The highest BCUT2D eigenvalue weighted by atomic mass is 19.1. The summed E-state index contributed by atoms with van der Waals surface area (Å²) >= 11 is 0. The summed E-state index contributed by atoms with van der Waals surface area (Å²) < 4.78 is 26.7. The van der Waals surface area contributed by atoms with Gasteiger partial charge in [-0.3, -0.25) is 0 Å². The maximum Gasteiger partial charge on any atom is 0.319 e. The summed E-state index contributed by atoms with van der Waals surface area (Å²) in [5.74, 6) is -0.977. The maximum absolute atomic E-state index is 13.7. The maximum atomic E-state index is 13.7. The van der Waals surface area contributed by atoms with E-state index >= 15 is 0 Å². The van der Waals surface area contributed by atoms with Crippen molar-refractivity contribution in [1.29, 1.82) is 0 Å². The standard InChI is InChI=1S/C16H18F2N4O2/c1-3-14-19-7-11(8-20-14)22-15(23)21-9-16(2,24)12-5-4-10(17)6-13(12)18/h4-8,24H,3,9H2,1-2H3,(H2,21,22,23). The first-order chi connectivity index (χ1) is 11.3. The average molecular weight is 336 g/mol. The number of anilines is 1. The summed E-state index contributed by atoms with van der Waals surface area (Å²) in [7, 11) is 0. The smallest absolute Gasteiger partial charge is 0.319 e. The zero-order valence-electron chi connectivity index (χ0n) is 13.3. The van der Waals surface area contributed by atoms with Crippen molar-refractivity contribution in [2.75, 3.05) is 11.9 Å². The van der Waals surface area contributed by atoms with Crippen LogP contribution in [0.25, 0.3) is 0 Å². The molecule has 0 fully saturated rings. The lowest BCUT2D eigenvalue weighted by atomic mass is 9.95. The Morgan fingerprint density at radius 1 is 1.29 bits per heavy atom. The van der Waals surface area contributed by atoms with Gasteiger partial charge in [0.15, 0.2) is 0 Å². The first-order valence-electron chi connectivity index (χ1n) is 7.35. The number of carbonyl (C=O) groups excluding carboxylic acids is 1. The van der Waals surface area contributed by atoms with Crippen LogP contribution in [0.3, 0.4) is 0 Å². The van der Waals surface area contributed by atoms with Gasteiger partial charge < -0.3 is 15.7 Å². The fourth-order valence-corrected chi connectivity index (χ4v) is 2.05. The van der Waals surface area contributed by atoms with Crippen LogP contribution in [0, 0.1) is 11.6 Å². The third-order valence-corrected chi connectivity index (χ3v) is 3.38. The number of rotatable bonds is 5. The fraction of sp³-hybridized carbons (Fsp3) is 0.312. The monoisotopic (exact) mass is 336 g/mol. The predicted molar refractivity (Wildman–Crippen MR) is 84.4 cm³/mol. The van der Waals surface area contributed by atoms with Crippen LogP contribution in [0.2, 0.25) is 0 Å². The molecule has 1 aromatic carbocycles. The third kappa shape index (κ3) is 4.45. The molecule has 1 unspecified atom stereocenters. The molecule has 24 heavy (non-hydrogen) atoms. The Morgan fingerprint density at radius 2 is 1.96 bits per heavy atom. The van der Waals surface area contributed by atoms with Gasteiger partial charge in [0.25, 0.3) is 0 Å². The summed E-state index contributed by atoms with van der Waals surface area (Å²) in [6.07, 6.45) is 3.60. The second-order valence-corrected chi connectivity index (χ2v) is 5.45. The molecule has 6 nitrogen and oxygen atoms in total. The van der Waals surface area contributed by atoms with Crippen LogP contribution in [0.1, 0.15) is 25.2 Å². The zero-order valence-corrected chi connectivity index (χ0v) is 13.3. The summed E-state index contributed by atoms with van der Waals surface area (Å²) in [6, 6.07) is 2.25. The van der Waals surface area contributed by atoms with Crippen LogP contribution in [0.15, 0.2) is 30.6 Å². The van der Waals surface area contributed by atoms with Gasteiger partial charge in [0.1, 0.15) is 23.1 Å². The lowest BCUT2D eigenvalue weighted by Crippen LogP contribution is -2.41. The van der Waals surface area contributed by atoms with E-state index in [1.54, 1.807) is 0 Å². The minimum atomic E-state index is -1.70. The molecule has 3 N–H and O–H groups in total. The molecular weight excluding hydrogens is 318 g/mol. The number of aliphatic hydroxyl groups is 1.